The molecule has 2 aliphatic heterocycles. The summed E-state index contributed by atoms with van der Waals surface area (Å²) in [5.74, 6) is 2.86. The highest BCUT2D eigenvalue weighted by Gasteiger charge is 2.42. The van der Waals surface area contributed by atoms with Crippen molar-refractivity contribution in [3.8, 4) is 17.2 Å². The highest BCUT2D eigenvalue weighted by atomic mass is 16.5. The van der Waals surface area contributed by atoms with Crippen LogP contribution in [0, 0.1) is 5.41 Å². The number of aliphatic imine (C=N–C) groups is 1. The van der Waals surface area contributed by atoms with Crippen molar-refractivity contribution in [2.24, 2.45) is 10.4 Å². The quantitative estimate of drug-likeness (QED) is 0.606. The average Bonchev–Trinajstić information content (AvgIpc) is 3.34. The van der Waals surface area contributed by atoms with Gasteiger partial charge in [0.2, 0.25) is 5.75 Å². The Morgan fingerprint density at radius 2 is 2.00 bits per heavy atom. The van der Waals surface area contributed by atoms with E-state index in [0.29, 0.717) is 29.2 Å². The Labute approximate surface area is 161 Å². The highest BCUT2D eigenvalue weighted by molar-refractivity contribution is 5.80. The van der Waals surface area contributed by atoms with Gasteiger partial charge >= 0.3 is 0 Å². The normalized spacial score (nSPS) is 22.4. The molecule has 1 N–H and O–H groups in total. The summed E-state index contributed by atoms with van der Waals surface area (Å²) in [4.78, 5) is 7.23. The van der Waals surface area contributed by atoms with E-state index in [1.54, 1.807) is 21.3 Å². The lowest BCUT2D eigenvalue weighted by Crippen LogP contribution is -2.41. The van der Waals surface area contributed by atoms with Crippen LogP contribution in [0.5, 0.6) is 17.2 Å². The number of hydrogen-bond donors (Lipinski definition) is 1. The largest absolute Gasteiger partial charge is 0.493 e. The molecule has 0 saturated carbocycles. The summed E-state index contributed by atoms with van der Waals surface area (Å²) in [5.41, 5.74) is 1.26. The summed E-state index contributed by atoms with van der Waals surface area (Å²) in [5, 5.41) is 3.43. The van der Waals surface area contributed by atoms with Gasteiger partial charge in [0.25, 0.3) is 0 Å². The summed E-state index contributed by atoms with van der Waals surface area (Å²) in [6, 6.07) is 3.86. The number of nitrogens with one attached hydrogen (secondary N) is 1. The lowest BCUT2D eigenvalue weighted by atomic mass is 9.87. The molecule has 0 aliphatic carbocycles. The van der Waals surface area contributed by atoms with Crippen LogP contribution in [0.3, 0.4) is 0 Å². The number of guanidine groups is 1. The van der Waals surface area contributed by atoms with E-state index in [1.807, 2.05) is 12.1 Å². The third-order valence-corrected chi connectivity index (χ3v) is 5.44. The van der Waals surface area contributed by atoms with Crippen molar-refractivity contribution in [3.05, 3.63) is 17.7 Å². The zero-order valence-electron chi connectivity index (χ0n) is 16.8. The maximum Gasteiger partial charge on any atom is 0.203 e. The van der Waals surface area contributed by atoms with E-state index < -0.39 is 0 Å². The van der Waals surface area contributed by atoms with Gasteiger partial charge in [-0.05, 0) is 31.9 Å². The van der Waals surface area contributed by atoms with Gasteiger partial charge in [-0.1, -0.05) is 0 Å². The zero-order chi connectivity index (χ0) is 19.3. The van der Waals surface area contributed by atoms with Crippen LogP contribution in [0.25, 0.3) is 0 Å². The Kier molecular flexibility index (Phi) is 6.31. The van der Waals surface area contributed by atoms with Crippen LogP contribution in [0.1, 0.15) is 25.3 Å². The topological polar surface area (TPSA) is 64.6 Å². The van der Waals surface area contributed by atoms with Gasteiger partial charge in [-0.15, -0.1) is 0 Å². The zero-order valence-corrected chi connectivity index (χ0v) is 16.8. The summed E-state index contributed by atoms with van der Waals surface area (Å²) in [6.45, 7) is 7.20. The Balaban J connectivity index is 1.79. The second-order valence-electron chi connectivity index (χ2n) is 7.14. The number of nitrogens with zero attached hydrogens (tertiary/aromatic N) is 2. The van der Waals surface area contributed by atoms with Gasteiger partial charge in [-0.25, -0.2) is 4.99 Å². The van der Waals surface area contributed by atoms with E-state index in [4.69, 9.17) is 23.9 Å². The second kappa shape index (κ2) is 8.69. The molecule has 1 aromatic carbocycles. The van der Waals surface area contributed by atoms with Crippen molar-refractivity contribution in [2.75, 3.05) is 54.2 Å². The fourth-order valence-corrected chi connectivity index (χ4v) is 3.96. The molecule has 7 heteroatoms. The van der Waals surface area contributed by atoms with Gasteiger partial charge in [-0.3, -0.25) is 0 Å². The molecule has 0 bridgehead atoms. The van der Waals surface area contributed by atoms with Crippen molar-refractivity contribution < 1.29 is 18.9 Å². The maximum absolute atomic E-state index is 5.65. The molecule has 2 fully saturated rings. The second-order valence-corrected chi connectivity index (χ2v) is 7.14. The minimum Gasteiger partial charge on any atom is -0.493 e. The molecule has 7 nitrogen and oxygen atoms in total. The van der Waals surface area contributed by atoms with Gasteiger partial charge in [0.05, 0.1) is 34.5 Å². The molecule has 27 heavy (non-hydrogen) atoms. The van der Waals surface area contributed by atoms with E-state index in [9.17, 15) is 0 Å². The SMILES string of the molecule is CCNC(=NCc1ccc(OC)c(OC)c1OC)N1CCC2(CCOC2)C1. The highest BCUT2D eigenvalue weighted by Crippen LogP contribution is 2.40. The predicted octanol–water partition coefficient (Wildman–Crippen LogP) is 2.29. The summed E-state index contributed by atoms with van der Waals surface area (Å²) in [6.07, 6.45) is 2.31. The van der Waals surface area contributed by atoms with Crippen LogP contribution in [0.4, 0.5) is 0 Å². The van der Waals surface area contributed by atoms with Gasteiger partial charge in [0.15, 0.2) is 17.5 Å². The number of rotatable bonds is 6. The van der Waals surface area contributed by atoms with Crippen molar-refractivity contribution >= 4 is 5.96 Å². The summed E-state index contributed by atoms with van der Waals surface area (Å²) >= 11 is 0. The number of benzene rings is 1. The summed E-state index contributed by atoms with van der Waals surface area (Å²) < 4.78 is 22.1. The molecular formula is C20H31N3O4. The summed E-state index contributed by atoms with van der Waals surface area (Å²) in [7, 11) is 4.87. The molecule has 2 heterocycles. The van der Waals surface area contributed by atoms with E-state index >= 15 is 0 Å². The van der Waals surface area contributed by atoms with Gasteiger partial charge in [0.1, 0.15) is 0 Å². The van der Waals surface area contributed by atoms with Gasteiger partial charge in [0, 0.05) is 37.2 Å². The van der Waals surface area contributed by atoms with E-state index in [-0.39, 0.29) is 0 Å². The first-order chi connectivity index (χ1) is 13.2. The maximum atomic E-state index is 5.65. The minimum atomic E-state index is 0.303. The van der Waals surface area contributed by atoms with Crippen molar-refractivity contribution in [3.63, 3.8) is 0 Å². The van der Waals surface area contributed by atoms with Crippen LogP contribution in [-0.4, -0.2) is 65.0 Å². The smallest absolute Gasteiger partial charge is 0.203 e. The van der Waals surface area contributed by atoms with E-state index in [1.165, 1.54) is 0 Å². The third kappa shape index (κ3) is 4.08. The average molecular weight is 377 g/mol. The van der Waals surface area contributed by atoms with Crippen molar-refractivity contribution in [2.45, 2.75) is 26.3 Å². The Morgan fingerprint density at radius 1 is 1.19 bits per heavy atom. The molecule has 2 saturated heterocycles. The first-order valence-corrected chi connectivity index (χ1v) is 9.55. The Morgan fingerprint density at radius 3 is 2.63 bits per heavy atom. The molecule has 3 rings (SSSR count). The van der Waals surface area contributed by atoms with Crippen LogP contribution < -0.4 is 19.5 Å². The lowest BCUT2D eigenvalue weighted by molar-refractivity contribution is 0.156. The molecule has 1 aromatic rings. The molecule has 150 valence electrons. The molecule has 2 aliphatic rings. The molecule has 0 aromatic heterocycles. The fraction of sp³-hybridized carbons (Fsp3) is 0.650. The lowest BCUT2D eigenvalue weighted by Gasteiger charge is -2.25. The van der Waals surface area contributed by atoms with Crippen LogP contribution in [-0.2, 0) is 11.3 Å². The van der Waals surface area contributed by atoms with Crippen LogP contribution >= 0.6 is 0 Å². The monoisotopic (exact) mass is 377 g/mol. The Hall–Kier alpha value is -2.15. The first kappa shape index (κ1) is 19.6. The van der Waals surface area contributed by atoms with Crippen molar-refractivity contribution in [1.82, 2.24) is 10.2 Å². The standard InChI is InChI=1S/C20H31N3O4/c1-5-21-19(23-10-8-20(13-23)9-11-27-14-20)22-12-15-6-7-16(24-2)18(26-4)17(15)25-3/h6-7H,5,8-14H2,1-4H3,(H,21,22). The molecule has 1 spiro atoms. The molecule has 1 unspecified atom stereocenters. The van der Waals surface area contributed by atoms with Gasteiger partial charge < -0.3 is 29.2 Å². The van der Waals surface area contributed by atoms with E-state index in [0.717, 1.165) is 57.2 Å². The molecule has 1 atom stereocenters. The third-order valence-electron chi connectivity index (χ3n) is 5.44. The van der Waals surface area contributed by atoms with E-state index in [2.05, 4.69) is 17.1 Å². The fourth-order valence-electron chi connectivity index (χ4n) is 3.96. The number of likely N-dealkylation sites (tertiary alicyclic amines) is 1. The number of methoxy groups -OCH3 is 3. The molecular weight excluding hydrogens is 346 g/mol. The van der Waals surface area contributed by atoms with Crippen LogP contribution in [0.15, 0.2) is 17.1 Å². The molecule has 0 amide bonds. The minimum absolute atomic E-state index is 0.303. The van der Waals surface area contributed by atoms with Crippen molar-refractivity contribution in [1.29, 1.82) is 0 Å². The van der Waals surface area contributed by atoms with Gasteiger partial charge in [-0.2, -0.15) is 0 Å². The first-order valence-electron chi connectivity index (χ1n) is 9.55. The van der Waals surface area contributed by atoms with Crippen LogP contribution in [0.2, 0.25) is 0 Å². The predicted molar refractivity (Wildman–Crippen MR) is 105 cm³/mol. The number of hydrogen-bond acceptors (Lipinski definition) is 5. The molecule has 0 radical (unpaired) electrons. The number of ether oxygens (including phenoxy) is 4. The Bertz CT molecular complexity index is 671.